The Kier molecular flexibility index (Phi) is 27.5. The fraction of sp³-hybridized carbons (Fsp3) is 0.460. The second-order valence-corrected chi connectivity index (χ2v) is 21.5. The first kappa shape index (κ1) is 59.1. The van der Waals surface area contributed by atoms with Crippen LogP contribution in [0, 0.1) is 6.92 Å². The molecule has 5 N–H and O–H groups in total. The minimum absolute atomic E-state index is 0.00256. The second-order valence-electron chi connectivity index (χ2n) is 16.7. The monoisotopic (exact) mass is 1040 g/mol. The number of benzene rings is 3. The van der Waals surface area contributed by atoms with Crippen molar-refractivity contribution in [3.63, 3.8) is 0 Å². The number of rotatable bonds is 24. The second kappa shape index (κ2) is 31.2. The Morgan fingerprint density at radius 1 is 0.627 bits per heavy atom. The molecule has 0 radical (unpaired) electrons. The van der Waals surface area contributed by atoms with Gasteiger partial charge in [0.1, 0.15) is 10.6 Å². The van der Waals surface area contributed by atoms with Crippen molar-refractivity contribution < 1.29 is 44.0 Å². The number of methoxy groups -OCH3 is 1. The van der Waals surface area contributed by atoms with Crippen molar-refractivity contribution in [2.24, 2.45) is 0 Å². The summed E-state index contributed by atoms with van der Waals surface area (Å²) < 4.78 is 6.37. The molecule has 0 unspecified atom stereocenters. The number of carbonyl (C=O) groups excluding carboxylic acids is 2. The number of hydrogen-bond donors (Lipinski definition) is 5. The number of ether oxygens (including phenoxy) is 1. The maximum Gasteiger partial charge on any atom is 0.345 e. The lowest BCUT2D eigenvalue weighted by atomic mass is 10.0. The predicted octanol–water partition coefficient (Wildman–Crippen LogP) is 16.5. The summed E-state index contributed by atoms with van der Waals surface area (Å²) >= 11 is 26.8. The van der Waals surface area contributed by atoms with E-state index in [1.54, 1.807) is 48.2 Å². The molecule has 11 nitrogen and oxygen atoms in total. The van der Waals surface area contributed by atoms with Crippen molar-refractivity contribution in [2.75, 3.05) is 17.7 Å². The van der Waals surface area contributed by atoms with Crippen LogP contribution in [-0.4, -0.2) is 56.9 Å². The summed E-state index contributed by atoms with van der Waals surface area (Å²) in [5.74, 6) is -3.69. The molecule has 0 aliphatic heterocycles. The van der Waals surface area contributed by atoms with Crippen molar-refractivity contribution in [1.82, 2.24) is 0 Å². The number of aromatic carboxylic acids is 3. The number of unbranched alkanes of at least 4 members (excludes halogenated alkanes) is 14. The Morgan fingerprint density at radius 3 is 1.58 bits per heavy atom. The van der Waals surface area contributed by atoms with Crippen LogP contribution in [0.25, 0.3) is 0 Å². The van der Waals surface area contributed by atoms with Crippen LogP contribution in [0.4, 0.5) is 11.4 Å². The molecule has 0 aliphatic rings. The maximum absolute atomic E-state index is 12.7. The van der Waals surface area contributed by atoms with Gasteiger partial charge in [-0.25, -0.2) is 14.4 Å². The third-order valence-corrected chi connectivity index (χ3v) is 14.1. The highest BCUT2D eigenvalue weighted by Crippen LogP contribution is 2.42. The van der Waals surface area contributed by atoms with Gasteiger partial charge in [-0.3, -0.25) is 9.59 Å². The Hall–Kier alpha value is -3.98. The quantitative estimate of drug-likeness (QED) is 0.0196. The van der Waals surface area contributed by atoms with E-state index in [0.717, 1.165) is 22.6 Å². The van der Waals surface area contributed by atoms with Gasteiger partial charge in [0, 0.05) is 16.9 Å². The lowest BCUT2D eigenvalue weighted by Gasteiger charge is -2.15. The highest BCUT2D eigenvalue weighted by molar-refractivity contribution is 8.02. The Balaban J connectivity index is 0.000000368. The van der Waals surface area contributed by atoms with Crippen molar-refractivity contribution in [3.8, 4) is 5.75 Å². The van der Waals surface area contributed by atoms with E-state index in [4.69, 9.17) is 61.4 Å². The summed E-state index contributed by atoms with van der Waals surface area (Å²) in [6, 6.07) is 14.9. The highest BCUT2D eigenvalue weighted by atomic mass is 35.5. The van der Waals surface area contributed by atoms with Crippen LogP contribution < -0.4 is 15.4 Å². The van der Waals surface area contributed by atoms with E-state index in [9.17, 15) is 29.1 Å². The lowest BCUT2D eigenvalue weighted by Crippen LogP contribution is -2.18. The SMILES string of the molecule is CC(C)(C)Sc1ccc(C(=O)O)s1.CCCCCCCCCCCCCCCCCC(=O)Nc1ccc(C(=O)O)cc1.COc1ccc(C)cc1NC(=O)c1c(Cl)c(Cl)c(Cl)c(Cl)c1C(=O)O. The molecule has 1 heterocycles. The van der Waals surface area contributed by atoms with Crippen LogP contribution in [0.2, 0.25) is 20.1 Å². The van der Waals surface area contributed by atoms with Gasteiger partial charge in [-0.05, 0) is 67.4 Å². The minimum Gasteiger partial charge on any atom is -0.495 e. The molecule has 17 heteroatoms. The number of carboxylic acid groups (broad SMARTS) is 3. The number of aryl methyl sites for hydroxylation is 1. The third-order valence-electron chi connectivity index (χ3n) is 9.93. The number of thioether (sulfide) groups is 1. The standard InChI is InChI=1S/C25H41NO3.C16H11Cl4NO4.C9H12O2S2/c1-2-3-4-5-6-7-8-9-10-11-12-13-14-15-16-17-24(27)26-23-20-18-22(19-21-23)25(28)29;1-6-3-4-8(25-2)7(5-6)21-15(22)9-10(16(23)24)12(18)14(20)13(19)11(9)17;1-9(2,3)13-7-5-4-6(12-7)8(10)11/h18-21H,2-17H2,1H3,(H,26,27)(H,28,29);3-5H,1-2H3,(H,21,22)(H,23,24);4-5H,1-3H3,(H,10,11). The fourth-order valence-corrected chi connectivity index (χ4v) is 10.0. The normalized spacial score (nSPS) is 10.8. The summed E-state index contributed by atoms with van der Waals surface area (Å²) in [7, 11) is 1.44. The molecule has 0 spiro atoms. The van der Waals surface area contributed by atoms with Crippen molar-refractivity contribution in [3.05, 3.63) is 102 Å². The molecule has 0 saturated heterocycles. The number of hydrogen-bond acceptors (Lipinski definition) is 8. The zero-order chi connectivity index (χ0) is 50.1. The highest BCUT2D eigenvalue weighted by Gasteiger charge is 2.29. The van der Waals surface area contributed by atoms with Crippen LogP contribution in [0.15, 0.2) is 58.8 Å². The van der Waals surface area contributed by atoms with Gasteiger partial charge in [0.25, 0.3) is 5.91 Å². The third kappa shape index (κ3) is 22.3. The van der Waals surface area contributed by atoms with Crippen LogP contribution in [0.3, 0.4) is 0 Å². The van der Waals surface area contributed by atoms with Gasteiger partial charge in [0.15, 0.2) is 0 Å². The van der Waals surface area contributed by atoms with Gasteiger partial charge >= 0.3 is 17.9 Å². The zero-order valence-electron chi connectivity index (χ0n) is 39.1. The maximum atomic E-state index is 12.7. The fourth-order valence-electron chi connectivity index (χ4n) is 6.52. The average Bonchev–Trinajstić information content (AvgIpc) is 3.73. The van der Waals surface area contributed by atoms with Gasteiger partial charge in [-0.1, -0.05) is 170 Å². The number of carbonyl (C=O) groups is 5. The number of anilines is 2. The van der Waals surface area contributed by atoms with Gasteiger partial charge in [0.05, 0.1) is 53.8 Å². The molecule has 1 aromatic heterocycles. The molecule has 4 rings (SSSR count). The van der Waals surface area contributed by atoms with E-state index in [-0.39, 0.29) is 36.3 Å². The smallest absolute Gasteiger partial charge is 0.345 e. The van der Waals surface area contributed by atoms with Crippen molar-refractivity contribution >= 4 is 111 Å². The summed E-state index contributed by atoms with van der Waals surface area (Å²) in [5.41, 5.74) is 1.14. The number of halogens is 4. The first-order valence-electron chi connectivity index (χ1n) is 22.4. The molecular weight excluding hydrogens is 979 g/mol. The van der Waals surface area contributed by atoms with Gasteiger partial charge in [-0.2, -0.15) is 0 Å². The topological polar surface area (TPSA) is 179 Å². The van der Waals surface area contributed by atoms with E-state index in [2.05, 4.69) is 38.3 Å². The zero-order valence-corrected chi connectivity index (χ0v) is 43.8. The lowest BCUT2D eigenvalue weighted by molar-refractivity contribution is -0.116. The molecule has 67 heavy (non-hydrogen) atoms. The molecule has 0 saturated carbocycles. The van der Waals surface area contributed by atoms with Crippen LogP contribution in [-0.2, 0) is 4.79 Å². The minimum atomic E-state index is -1.47. The molecule has 0 aliphatic carbocycles. The van der Waals surface area contributed by atoms with Gasteiger partial charge in [-0.15, -0.1) is 23.1 Å². The Morgan fingerprint density at radius 2 is 1.13 bits per heavy atom. The van der Waals surface area contributed by atoms with Crippen molar-refractivity contribution in [2.45, 2.75) is 146 Å². The number of nitrogens with one attached hydrogen (secondary N) is 2. The van der Waals surface area contributed by atoms with Crippen LogP contribution >= 0.6 is 69.5 Å². The summed E-state index contributed by atoms with van der Waals surface area (Å²) in [5, 5.41) is 31.2. The molecule has 3 aromatic carbocycles. The molecule has 4 aromatic rings. The predicted molar refractivity (Wildman–Crippen MR) is 278 cm³/mol. The summed E-state index contributed by atoms with van der Waals surface area (Å²) in [6.07, 6.45) is 20.2. The summed E-state index contributed by atoms with van der Waals surface area (Å²) in [4.78, 5) is 58.0. The Labute approximate surface area is 423 Å². The molecule has 0 bridgehead atoms. The van der Waals surface area contributed by atoms with E-state index in [0.29, 0.717) is 28.4 Å². The molecule has 0 atom stereocenters. The number of thiophene rings is 1. The van der Waals surface area contributed by atoms with Crippen molar-refractivity contribution in [1.29, 1.82) is 0 Å². The van der Waals surface area contributed by atoms with Crippen LogP contribution in [0.5, 0.6) is 5.75 Å². The van der Waals surface area contributed by atoms with E-state index >= 15 is 0 Å². The first-order chi connectivity index (χ1) is 31.7. The summed E-state index contributed by atoms with van der Waals surface area (Å²) in [6.45, 7) is 10.4. The average molecular weight is 1040 g/mol. The largest absolute Gasteiger partial charge is 0.495 e. The number of amides is 2. The molecule has 0 fully saturated rings. The number of carboxylic acids is 3. The molecular formula is C50H64Cl4N2O9S2. The van der Waals surface area contributed by atoms with E-state index in [1.807, 2.05) is 13.0 Å². The van der Waals surface area contributed by atoms with E-state index < -0.39 is 34.9 Å². The van der Waals surface area contributed by atoms with E-state index in [1.165, 1.54) is 114 Å². The molecule has 368 valence electrons. The van der Waals surface area contributed by atoms with Crippen LogP contribution in [0.1, 0.15) is 177 Å². The molecule has 2 amide bonds. The van der Waals surface area contributed by atoms with Gasteiger partial charge in [0.2, 0.25) is 5.91 Å². The van der Waals surface area contributed by atoms with Gasteiger partial charge < -0.3 is 30.7 Å². The Bertz CT molecular complexity index is 2230. The first-order valence-corrected chi connectivity index (χ1v) is 25.6.